The van der Waals surface area contributed by atoms with Crippen molar-refractivity contribution in [3.63, 3.8) is 0 Å². The third-order valence-corrected chi connectivity index (χ3v) is 3.70. The summed E-state index contributed by atoms with van der Waals surface area (Å²) >= 11 is 0. The Morgan fingerprint density at radius 1 is 1.11 bits per heavy atom. The van der Waals surface area contributed by atoms with E-state index in [1.807, 2.05) is 12.1 Å². The van der Waals surface area contributed by atoms with E-state index < -0.39 is 0 Å². The van der Waals surface area contributed by atoms with E-state index in [4.69, 9.17) is 5.73 Å². The van der Waals surface area contributed by atoms with Crippen LogP contribution in [0, 0.1) is 0 Å². The topological polar surface area (TPSA) is 38.9 Å². The van der Waals surface area contributed by atoms with Crippen LogP contribution in [0.4, 0.5) is 5.82 Å². The summed E-state index contributed by atoms with van der Waals surface area (Å²) in [6.07, 6.45) is 2.84. The summed E-state index contributed by atoms with van der Waals surface area (Å²) in [4.78, 5) is 4.12. The lowest BCUT2D eigenvalue weighted by Crippen LogP contribution is -2.14. The van der Waals surface area contributed by atoms with Crippen LogP contribution >= 0.6 is 0 Å². The van der Waals surface area contributed by atoms with E-state index in [9.17, 15) is 0 Å². The second-order valence-electron chi connectivity index (χ2n) is 5.25. The number of nitrogens with zero attached hydrogens (tertiary/aromatic N) is 1. The molecule has 0 bridgehead atoms. The average molecular weight is 240 g/mol. The van der Waals surface area contributed by atoms with Gasteiger partial charge in [0.05, 0.1) is 0 Å². The molecule has 2 nitrogen and oxygen atoms in total. The summed E-state index contributed by atoms with van der Waals surface area (Å²) in [5.74, 6) is 0.583. The van der Waals surface area contributed by atoms with Crippen LogP contribution in [0.25, 0.3) is 11.1 Å². The number of hydrogen-bond donors (Lipinski definition) is 1. The molecule has 2 N–H and O–H groups in total. The van der Waals surface area contributed by atoms with Crippen molar-refractivity contribution in [1.82, 2.24) is 4.98 Å². The first-order valence-electron chi connectivity index (χ1n) is 6.36. The molecule has 1 aromatic carbocycles. The van der Waals surface area contributed by atoms with Crippen LogP contribution in [-0.2, 0) is 5.41 Å². The monoisotopic (exact) mass is 240 g/mol. The first-order valence-corrected chi connectivity index (χ1v) is 6.36. The molecule has 0 aliphatic rings. The summed E-state index contributed by atoms with van der Waals surface area (Å²) in [7, 11) is 0. The Kier molecular flexibility index (Phi) is 3.37. The number of rotatable bonds is 3. The third kappa shape index (κ3) is 2.37. The summed E-state index contributed by atoms with van der Waals surface area (Å²) in [6.45, 7) is 6.74. The van der Waals surface area contributed by atoms with Gasteiger partial charge in [0, 0.05) is 11.8 Å². The number of pyridine rings is 1. The highest BCUT2D eigenvalue weighted by Crippen LogP contribution is 2.30. The zero-order valence-electron chi connectivity index (χ0n) is 11.3. The Bertz CT molecular complexity index is 527. The molecule has 0 fully saturated rings. The van der Waals surface area contributed by atoms with E-state index in [1.165, 1.54) is 5.56 Å². The maximum Gasteiger partial charge on any atom is 0.131 e. The summed E-state index contributed by atoms with van der Waals surface area (Å²) < 4.78 is 0. The Balaban J connectivity index is 2.37. The van der Waals surface area contributed by atoms with Crippen LogP contribution in [0.3, 0.4) is 0 Å². The van der Waals surface area contributed by atoms with Crippen LogP contribution in [0.1, 0.15) is 32.8 Å². The summed E-state index contributed by atoms with van der Waals surface area (Å²) in [6, 6.07) is 12.5. The maximum atomic E-state index is 5.89. The van der Waals surface area contributed by atoms with E-state index in [0.29, 0.717) is 5.82 Å². The van der Waals surface area contributed by atoms with Crippen molar-refractivity contribution in [2.24, 2.45) is 0 Å². The fraction of sp³-hybridized carbons (Fsp3) is 0.312. The van der Waals surface area contributed by atoms with Gasteiger partial charge < -0.3 is 5.73 Å². The molecule has 0 saturated carbocycles. The molecular formula is C16H20N2. The molecule has 94 valence electrons. The largest absolute Gasteiger partial charge is 0.383 e. The van der Waals surface area contributed by atoms with Crippen molar-refractivity contribution in [2.45, 2.75) is 32.6 Å². The molecule has 2 rings (SSSR count). The minimum atomic E-state index is 0.221. The predicted molar refractivity (Wildman–Crippen MR) is 77.4 cm³/mol. The van der Waals surface area contributed by atoms with Crippen LogP contribution in [0.2, 0.25) is 0 Å². The lowest BCUT2D eigenvalue weighted by Gasteiger charge is -2.23. The quantitative estimate of drug-likeness (QED) is 0.880. The van der Waals surface area contributed by atoms with Crippen molar-refractivity contribution in [2.75, 3.05) is 5.73 Å². The highest BCUT2D eigenvalue weighted by molar-refractivity contribution is 5.73. The van der Waals surface area contributed by atoms with Gasteiger partial charge in [-0.1, -0.05) is 45.0 Å². The molecule has 0 unspecified atom stereocenters. The van der Waals surface area contributed by atoms with Gasteiger partial charge in [-0.05, 0) is 35.1 Å². The molecule has 0 radical (unpaired) electrons. The highest BCUT2D eigenvalue weighted by Gasteiger charge is 2.17. The number of aromatic nitrogens is 1. The van der Waals surface area contributed by atoms with Gasteiger partial charge in [-0.15, -0.1) is 0 Å². The Morgan fingerprint density at radius 2 is 1.78 bits per heavy atom. The molecule has 0 spiro atoms. The second kappa shape index (κ2) is 4.81. The SMILES string of the molecule is CCC(C)(C)c1ccc(-c2cccnc2N)cc1. The maximum absolute atomic E-state index is 5.89. The number of nitrogen functional groups attached to an aromatic ring is 1. The molecule has 0 atom stereocenters. The Hall–Kier alpha value is -1.83. The molecule has 2 heteroatoms. The molecular weight excluding hydrogens is 220 g/mol. The fourth-order valence-electron chi connectivity index (χ4n) is 1.97. The average Bonchev–Trinajstić information content (AvgIpc) is 2.39. The highest BCUT2D eigenvalue weighted by atomic mass is 14.8. The van der Waals surface area contributed by atoms with Crippen molar-refractivity contribution in [3.8, 4) is 11.1 Å². The number of benzene rings is 1. The Labute approximate surface area is 109 Å². The second-order valence-corrected chi connectivity index (χ2v) is 5.25. The molecule has 0 aliphatic carbocycles. The van der Waals surface area contributed by atoms with Gasteiger partial charge in [-0.2, -0.15) is 0 Å². The number of anilines is 1. The number of hydrogen-bond acceptors (Lipinski definition) is 2. The molecule has 2 aromatic rings. The normalized spacial score (nSPS) is 11.5. The van der Waals surface area contributed by atoms with E-state index in [-0.39, 0.29) is 5.41 Å². The van der Waals surface area contributed by atoms with Gasteiger partial charge in [-0.25, -0.2) is 4.98 Å². The molecule has 0 amide bonds. The first-order chi connectivity index (χ1) is 8.54. The van der Waals surface area contributed by atoms with Crippen molar-refractivity contribution < 1.29 is 0 Å². The molecule has 1 aromatic heterocycles. The standard InChI is InChI=1S/C16H20N2/c1-4-16(2,3)13-9-7-12(8-10-13)14-6-5-11-18-15(14)17/h5-11H,4H2,1-3H3,(H2,17,18). The number of nitrogens with two attached hydrogens (primary N) is 1. The van der Waals surface area contributed by atoms with Crippen molar-refractivity contribution in [1.29, 1.82) is 0 Å². The lowest BCUT2D eigenvalue weighted by molar-refractivity contribution is 0.506. The van der Waals surface area contributed by atoms with Crippen LogP contribution in [-0.4, -0.2) is 4.98 Å². The minimum Gasteiger partial charge on any atom is -0.383 e. The van der Waals surface area contributed by atoms with Crippen molar-refractivity contribution in [3.05, 3.63) is 48.2 Å². The fourth-order valence-corrected chi connectivity index (χ4v) is 1.97. The van der Waals surface area contributed by atoms with E-state index in [1.54, 1.807) is 6.20 Å². The van der Waals surface area contributed by atoms with Gasteiger partial charge in [0.25, 0.3) is 0 Å². The van der Waals surface area contributed by atoms with Gasteiger partial charge in [0.15, 0.2) is 0 Å². The van der Waals surface area contributed by atoms with E-state index >= 15 is 0 Å². The van der Waals surface area contributed by atoms with Gasteiger partial charge in [0.2, 0.25) is 0 Å². The first kappa shape index (κ1) is 12.6. The zero-order chi connectivity index (χ0) is 13.2. The summed E-state index contributed by atoms with van der Waals surface area (Å²) in [5.41, 5.74) is 9.59. The van der Waals surface area contributed by atoms with E-state index in [0.717, 1.165) is 17.5 Å². The van der Waals surface area contributed by atoms with Gasteiger partial charge in [-0.3, -0.25) is 0 Å². The van der Waals surface area contributed by atoms with Crippen LogP contribution < -0.4 is 5.73 Å². The molecule has 1 heterocycles. The van der Waals surface area contributed by atoms with Crippen LogP contribution in [0.5, 0.6) is 0 Å². The Morgan fingerprint density at radius 3 is 2.33 bits per heavy atom. The van der Waals surface area contributed by atoms with Gasteiger partial charge in [0.1, 0.15) is 5.82 Å². The zero-order valence-corrected chi connectivity index (χ0v) is 11.3. The molecule has 0 saturated heterocycles. The minimum absolute atomic E-state index is 0.221. The van der Waals surface area contributed by atoms with Crippen molar-refractivity contribution >= 4 is 5.82 Å². The van der Waals surface area contributed by atoms with E-state index in [2.05, 4.69) is 50.0 Å². The molecule has 0 aliphatic heterocycles. The summed E-state index contributed by atoms with van der Waals surface area (Å²) in [5, 5.41) is 0. The van der Waals surface area contributed by atoms with Crippen LogP contribution in [0.15, 0.2) is 42.6 Å². The predicted octanol–water partition coefficient (Wildman–Crippen LogP) is 4.02. The third-order valence-electron chi connectivity index (χ3n) is 3.70. The smallest absolute Gasteiger partial charge is 0.131 e. The molecule has 18 heavy (non-hydrogen) atoms. The van der Waals surface area contributed by atoms with Gasteiger partial charge >= 0.3 is 0 Å². The lowest BCUT2D eigenvalue weighted by atomic mass is 9.82.